The summed E-state index contributed by atoms with van der Waals surface area (Å²) < 4.78 is 109. The van der Waals surface area contributed by atoms with Crippen LogP contribution in [0.5, 0.6) is 0 Å². The Morgan fingerprint density at radius 2 is 1.17 bits per heavy atom. The van der Waals surface area contributed by atoms with Crippen molar-refractivity contribution < 1.29 is 48.9 Å². The number of nitrogens with one attached hydrogen (secondary N) is 2. The molecule has 0 radical (unpaired) electrons. The largest absolute Gasteiger partial charge is 0.416 e. The molecule has 0 aromatic heterocycles. The molecule has 0 spiro atoms. The van der Waals surface area contributed by atoms with E-state index in [0.717, 1.165) is 24.3 Å². The number of carbonyl (C=O) groups is 2. The summed E-state index contributed by atoms with van der Waals surface area (Å²) in [5, 5.41) is 5.08. The van der Waals surface area contributed by atoms with Crippen LogP contribution in [0.25, 0.3) is 11.1 Å². The highest BCUT2D eigenvalue weighted by Crippen LogP contribution is 2.33. The third kappa shape index (κ3) is 9.41. The zero-order chi connectivity index (χ0) is 33.7. The number of amides is 2. The van der Waals surface area contributed by atoms with Gasteiger partial charge >= 0.3 is 12.4 Å². The van der Waals surface area contributed by atoms with Crippen LogP contribution in [0.2, 0.25) is 0 Å². The second-order valence-electron chi connectivity index (χ2n) is 10.3. The zero-order valence-corrected chi connectivity index (χ0v) is 24.5. The second-order valence-corrected chi connectivity index (χ2v) is 11.8. The number of rotatable bonds is 10. The van der Waals surface area contributed by atoms with Crippen LogP contribution in [0.1, 0.15) is 38.5 Å². The van der Waals surface area contributed by atoms with Gasteiger partial charge in [0.05, 0.1) is 22.8 Å². The molecule has 0 aliphatic rings. The summed E-state index contributed by atoms with van der Waals surface area (Å²) in [6.45, 7) is -0.319. The van der Waals surface area contributed by atoms with Gasteiger partial charge in [-0.1, -0.05) is 48.5 Å². The third-order valence-electron chi connectivity index (χ3n) is 6.96. The predicted octanol–water partition coefficient (Wildman–Crippen LogP) is 6.97. The Labute approximate surface area is 260 Å². The highest BCUT2D eigenvalue weighted by atomic mass is 32.2. The summed E-state index contributed by atoms with van der Waals surface area (Å²) in [6, 6.07) is 21.0. The van der Waals surface area contributed by atoms with Crippen molar-refractivity contribution in [1.29, 1.82) is 0 Å². The van der Waals surface area contributed by atoms with Crippen LogP contribution in [0.4, 0.5) is 32.0 Å². The molecule has 0 aliphatic carbocycles. The van der Waals surface area contributed by atoms with Crippen molar-refractivity contribution in [2.75, 3.05) is 17.6 Å². The average molecular weight is 665 g/mol. The van der Waals surface area contributed by atoms with E-state index in [-0.39, 0.29) is 18.5 Å². The molecule has 0 fully saturated rings. The maximum atomic E-state index is 13.5. The van der Waals surface area contributed by atoms with Gasteiger partial charge in [-0.05, 0) is 77.2 Å². The Bertz CT molecular complexity index is 1770. The van der Waals surface area contributed by atoms with Gasteiger partial charge in [-0.15, -0.1) is 0 Å². The third-order valence-corrected chi connectivity index (χ3v) is 7.68. The molecular formula is C32H26F6N2O5S. The highest BCUT2D eigenvalue weighted by molar-refractivity contribution is 7.85. The van der Waals surface area contributed by atoms with Gasteiger partial charge in [0, 0.05) is 17.8 Å². The molecule has 14 heteroatoms. The van der Waals surface area contributed by atoms with Gasteiger partial charge in [0.2, 0.25) is 5.91 Å². The lowest BCUT2D eigenvalue weighted by Crippen LogP contribution is -2.28. The van der Waals surface area contributed by atoms with Gasteiger partial charge in [-0.25, -0.2) is 0 Å². The second kappa shape index (κ2) is 13.7. The highest BCUT2D eigenvalue weighted by Gasteiger charge is 2.31. The van der Waals surface area contributed by atoms with Gasteiger partial charge in [0.15, 0.2) is 0 Å². The minimum absolute atomic E-state index is 0.0332. The van der Waals surface area contributed by atoms with Crippen molar-refractivity contribution in [3.05, 3.63) is 125 Å². The summed E-state index contributed by atoms with van der Waals surface area (Å²) >= 11 is 0. The van der Waals surface area contributed by atoms with E-state index in [1.165, 1.54) is 36.4 Å². The fourth-order valence-electron chi connectivity index (χ4n) is 4.52. The van der Waals surface area contributed by atoms with Gasteiger partial charge in [0.25, 0.3) is 16.0 Å². The Balaban J connectivity index is 1.51. The zero-order valence-electron chi connectivity index (χ0n) is 23.7. The number of alkyl halides is 6. The lowest BCUT2D eigenvalue weighted by molar-refractivity contribution is -0.138. The molecule has 0 heterocycles. The van der Waals surface area contributed by atoms with Crippen molar-refractivity contribution in [1.82, 2.24) is 5.32 Å². The van der Waals surface area contributed by atoms with E-state index in [4.69, 9.17) is 4.55 Å². The molecule has 46 heavy (non-hydrogen) atoms. The van der Waals surface area contributed by atoms with Crippen LogP contribution in [0.3, 0.4) is 0 Å². The number of hydrogen-bond donors (Lipinski definition) is 3. The summed E-state index contributed by atoms with van der Waals surface area (Å²) in [7, 11) is -4.26. The van der Waals surface area contributed by atoms with E-state index in [1.807, 2.05) is 0 Å². The van der Waals surface area contributed by atoms with Crippen molar-refractivity contribution in [2.45, 2.75) is 24.7 Å². The molecule has 0 aliphatic heterocycles. The van der Waals surface area contributed by atoms with Gasteiger partial charge in [0.1, 0.15) is 0 Å². The van der Waals surface area contributed by atoms with Crippen molar-refractivity contribution >= 4 is 27.6 Å². The van der Waals surface area contributed by atoms with E-state index in [9.17, 15) is 44.3 Å². The summed E-state index contributed by atoms with van der Waals surface area (Å²) in [5.41, 5.74) is 0.794. The fraction of sp³-hybridized carbons (Fsp3) is 0.188. The molecule has 0 saturated heterocycles. The van der Waals surface area contributed by atoms with Crippen LogP contribution in [-0.4, -0.2) is 37.1 Å². The van der Waals surface area contributed by atoms with Gasteiger partial charge in [-0.2, -0.15) is 34.8 Å². The Morgan fingerprint density at radius 3 is 1.65 bits per heavy atom. The Kier molecular flexibility index (Phi) is 10.2. The van der Waals surface area contributed by atoms with Gasteiger partial charge in [-0.3, -0.25) is 14.1 Å². The first kappa shape index (κ1) is 34.2. The molecule has 4 aromatic rings. The number of anilines is 1. The lowest BCUT2D eigenvalue weighted by Gasteiger charge is -2.19. The topological polar surface area (TPSA) is 113 Å². The van der Waals surface area contributed by atoms with E-state index < -0.39 is 57.1 Å². The van der Waals surface area contributed by atoms with Crippen molar-refractivity contribution in [2.24, 2.45) is 0 Å². The molecule has 1 unspecified atom stereocenters. The van der Waals surface area contributed by atoms with Crippen LogP contribution in [-0.2, 0) is 33.7 Å². The standard InChI is InChI=1S/C32H26F6N2O5S/c33-31(34,35)25-11-5-21(6-12-25)22-9-15-27(16-10-22)40-30(42)28(23-7-13-26(14-8-23)32(36,37)38)19-20-1-3-24(4-2-20)29(41)39-17-18-46(43,44)45/h1-16,28H,17-19H2,(H,39,41)(H,40,42)(H,43,44,45). The summed E-state index contributed by atoms with van der Waals surface area (Å²) in [6.07, 6.45) is -9.02. The van der Waals surface area contributed by atoms with Crippen LogP contribution in [0.15, 0.2) is 97.1 Å². The van der Waals surface area contributed by atoms with Crippen LogP contribution < -0.4 is 10.6 Å². The smallest absolute Gasteiger partial charge is 0.351 e. The first-order valence-electron chi connectivity index (χ1n) is 13.6. The molecule has 0 saturated carbocycles. The summed E-state index contributed by atoms with van der Waals surface area (Å²) in [5.74, 6) is -2.79. The number of hydrogen-bond acceptors (Lipinski definition) is 4. The summed E-state index contributed by atoms with van der Waals surface area (Å²) in [4.78, 5) is 25.8. The van der Waals surface area contributed by atoms with Crippen molar-refractivity contribution in [3.63, 3.8) is 0 Å². The molecule has 3 N–H and O–H groups in total. The predicted molar refractivity (Wildman–Crippen MR) is 159 cm³/mol. The first-order valence-corrected chi connectivity index (χ1v) is 15.2. The Hall–Kier alpha value is -4.69. The molecule has 242 valence electrons. The van der Waals surface area contributed by atoms with E-state index in [0.29, 0.717) is 27.9 Å². The van der Waals surface area contributed by atoms with Crippen molar-refractivity contribution in [3.8, 4) is 11.1 Å². The monoisotopic (exact) mass is 664 g/mol. The average Bonchev–Trinajstić information content (AvgIpc) is 2.99. The molecular weight excluding hydrogens is 638 g/mol. The molecule has 1 atom stereocenters. The molecule has 7 nitrogen and oxygen atoms in total. The number of carbonyl (C=O) groups excluding carboxylic acids is 2. The molecule has 2 amide bonds. The van der Waals surface area contributed by atoms with E-state index in [1.54, 1.807) is 36.4 Å². The quantitative estimate of drug-likeness (QED) is 0.125. The fourth-order valence-corrected chi connectivity index (χ4v) is 4.88. The maximum Gasteiger partial charge on any atom is 0.416 e. The van der Waals surface area contributed by atoms with Gasteiger partial charge < -0.3 is 10.6 Å². The SMILES string of the molecule is O=C(NCCS(=O)(=O)O)c1ccc(CC(C(=O)Nc2ccc(-c3ccc(C(F)(F)F)cc3)cc2)c2ccc(C(F)(F)F)cc2)cc1. The Morgan fingerprint density at radius 1 is 0.696 bits per heavy atom. The molecule has 0 bridgehead atoms. The normalized spacial score (nSPS) is 12.8. The van der Waals surface area contributed by atoms with Crippen LogP contribution >= 0.6 is 0 Å². The number of halogens is 6. The minimum atomic E-state index is -4.58. The van der Waals surface area contributed by atoms with E-state index in [2.05, 4.69) is 10.6 Å². The molecule has 4 aromatic carbocycles. The van der Waals surface area contributed by atoms with E-state index >= 15 is 0 Å². The lowest BCUT2D eigenvalue weighted by atomic mass is 9.90. The maximum absolute atomic E-state index is 13.5. The number of benzene rings is 4. The molecule has 4 rings (SSSR count). The first-order chi connectivity index (χ1) is 21.5. The minimum Gasteiger partial charge on any atom is -0.351 e. The van der Waals surface area contributed by atoms with Crippen LogP contribution in [0, 0.1) is 0 Å².